The number of hydrogen-bond acceptors (Lipinski definition) is 1. The Morgan fingerprint density at radius 1 is 1.13 bits per heavy atom. The van der Waals surface area contributed by atoms with Crippen LogP contribution in [-0.4, -0.2) is 6.04 Å². The van der Waals surface area contributed by atoms with Gasteiger partial charge in [-0.2, -0.15) is 13.2 Å². The molecule has 0 bridgehead atoms. The molecule has 0 aliphatic heterocycles. The van der Waals surface area contributed by atoms with E-state index in [9.17, 15) is 13.2 Å². The minimum Gasteiger partial charge on any atom is -0.327 e. The lowest BCUT2D eigenvalue weighted by atomic mass is 9.91. The zero-order valence-corrected chi connectivity index (χ0v) is 8.68. The van der Waals surface area contributed by atoms with Gasteiger partial charge < -0.3 is 5.73 Å². The van der Waals surface area contributed by atoms with Gasteiger partial charge in [-0.1, -0.05) is 25.1 Å². The van der Waals surface area contributed by atoms with Gasteiger partial charge in [0.2, 0.25) is 0 Å². The molecular weight excluding hydrogens is 203 g/mol. The van der Waals surface area contributed by atoms with Gasteiger partial charge in [-0.05, 0) is 24.5 Å². The molecular formula is C11H14F3N. The van der Waals surface area contributed by atoms with Gasteiger partial charge in [-0.3, -0.25) is 0 Å². The summed E-state index contributed by atoms with van der Waals surface area (Å²) < 4.78 is 37.9. The second-order valence-corrected chi connectivity index (χ2v) is 3.73. The van der Waals surface area contributed by atoms with E-state index >= 15 is 0 Å². The van der Waals surface area contributed by atoms with Gasteiger partial charge in [0.1, 0.15) is 0 Å². The number of rotatable bonds is 2. The third-order valence-corrected chi connectivity index (χ3v) is 2.55. The molecule has 1 rings (SSSR count). The van der Waals surface area contributed by atoms with Crippen LogP contribution in [0.25, 0.3) is 0 Å². The van der Waals surface area contributed by atoms with Crippen molar-refractivity contribution in [2.75, 3.05) is 0 Å². The summed E-state index contributed by atoms with van der Waals surface area (Å²) in [5.74, 6) is -0.303. The molecule has 1 aromatic carbocycles. The first-order valence-electron chi connectivity index (χ1n) is 4.75. The van der Waals surface area contributed by atoms with E-state index < -0.39 is 11.7 Å². The molecule has 4 heteroatoms. The maximum atomic E-state index is 12.6. The molecule has 1 aromatic rings. The lowest BCUT2D eigenvalue weighted by Crippen LogP contribution is -2.24. The summed E-state index contributed by atoms with van der Waals surface area (Å²) in [5.41, 5.74) is 5.29. The van der Waals surface area contributed by atoms with Gasteiger partial charge in [-0.15, -0.1) is 0 Å². The van der Waals surface area contributed by atoms with Crippen LogP contribution in [0.2, 0.25) is 0 Å². The number of halogens is 3. The fraction of sp³-hybridized carbons (Fsp3) is 0.455. The first-order valence-corrected chi connectivity index (χ1v) is 4.75. The molecule has 2 N–H and O–H groups in total. The Hall–Kier alpha value is -1.03. The van der Waals surface area contributed by atoms with Crippen molar-refractivity contribution in [1.29, 1.82) is 0 Å². The summed E-state index contributed by atoms with van der Waals surface area (Å²) in [7, 11) is 0. The quantitative estimate of drug-likeness (QED) is 0.809. The molecule has 84 valence electrons. The van der Waals surface area contributed by atoms with Crippen molar-refractivity contribution < 1.29 is 13.2 Å². The van der Waals surface area contributed by atoms with Crippen LogP contribution in [0.5, 0.6) is 0 Å². The van der Waals surface area contributed by atoms with Crippen LogP contribution in [0, 0.1) is 0 Å². The van der Waals surface area contributed by atoms with Crippen molar-refractivity contribution in [2.24, 2.45) is 5.73 Å². The molecule has 0 spiro atoms. The Balaban J connectivity index is 3.18. The summed E-state index contributed by atoms with van der Waals surface area (Å²) >= 11 is 0. The maximum absolute atomic E-state index is 12.6. The third-order valence-electron chi connectivity index (χ3n) is 2.55. The van der Waals surface area contributed by atoms with E-state index in [0.717, 1.165) is 6.07 Å². The summed E-state index contributed by atoms with van der Waals surface area (Å²) in [6, 6.07) is 5.27. The van der Waals surface area contributed by atoms with E-state index in [2.05, 4.69) is 0 Å². The molecule has 15 heavy (non-hydrogen) atoms. The highest BCUT2D eigenvalue weighted by Crippen LogP contribution is 2.35. The minimum absolute atomic E-state index is 0.264. The van der Waals surface area contributed by atoms with E-state index in [1.165, 1.54) is 12.1 Å². The molecule has 0 heterocycles. The molecule has 0 aliphatic carbocycles. The molecule has 0 amide bonds. The van der Waals surface area contributed by atoms with E-state index in [1.54, 1.807) is 19.9 Å². The average Bonchev–Trinajstić information content (AvgIpc) is 2.15. The van der Waals surface area contributed by atoms with Crippen LogP contribution in [-0.2, 0) is 6.18 Å². The van der Waals surface area contributed by atoms with Crippen LogP contribution in [0.15, 0.2) is 24.3 Å². The second-order valence-electron chi connectivity index (χ2n) is 3.73. The largest absolute Gasteiger partial charge is 0.416 e. The molecule has 2 atom stereocenters. The standard InChI is InChI=1S/C11H14F3N/c1-7(8(2)15)9-5-3-4-6-10(9)11(12,13)14/h3-8H,15H2,1-2H3/t7-,8+/m0/s1. The van der Waals surface area contributed by atoms with Crippen molar-refractivity contribution in [1.82, 2.24) is 0 Å². The molecule has 0 saturated heterocycles. The van der Waals surface area contributed by atoms with Crippen molar-refractivity contribution in [3.8, 4) is 0 Å². The topological polar surface area (TPSA) is 26.0 Å². The first kappa shape index (κ1) is 12.0. The lowest BCUT2D eigenvalue weighted by molar-refractivity contribution is -0.138. The molecule has 0 aliphatic rings. The zero-order chi connectivity index (χ0) is 11.6. The Morgan fingerprint density at radius 3 is 2.13 bits per heavy atom. The Bertz CT molecular complexity index is 331. The van der Waals surface area contributed by atoms with E-state index in [1.807, 2.05) is 0 Å². The van der Waals surface area contributed by atoms with Crippen molar-refractivity contribution in [2.45, 2.75) is 32.0 Å². The second kappa shape index (κ2) is 4.23. The highest BCUT2D eigenvalue weighted by molar-refractivity contribution is 5.33. The van der Waals surface area contributed by atoms with Gasteiger partial charge >= 0.3 is 6.18 Å². The normalized spacial score (nSPS) is 16.1. The molecule has 0 fully saturated rings. The molecule has 0 aromatic heterocycles. The fourth-order valence-electron chi connectivity index (χ4n) is 1.44. The van der Waals surface area contributed by atoms with Crippen LogP contribution in [0.4, 0.5) is 13.2 Å². The summed E-state index contributed by atoms with van der Waals surface area (Å²) in [6.07, 6.45) is -4.31. The predicted molar refractivity (Wildman–Crippen MR) is 53.5 cm³/mol. The average molecular weight is 217 g/mol. The number of nitrogens with two attached hydrogens (primary N) is 1. The minimum atomic E-state index is -4.31. The van der Waals surface area contributed by atoms with Crippen LogP contribution < -0.4 is 5.73 Å². The van der Waals surface area contributed by atoms with E-state index in [4.69, 9.17) is 5.73 Å². The summed E-state index contributed by atoms with van der Waals surface area (Å²) in [5, 5.41) is 0. The monoisotopic (exact) mass is 217 g/mol. The van der Waals surface area contributed by atoms with Crippen LogP contribution in [0.1, 0.15) is 30.9 Å². The lowest BCUT2D eigenvalue weighted by Gasteiger charge is -2.20. The third kappa shape index (κ3) is 2.72. The van der Waals surface area contributed by atoms with Crippen molar-refractivity contribution in [3.05, 3.63) is 35.4 Å². The van der Waals surface area contributed by atoms with Gasteiger partial charge in [0.05, 0.1) is 5.56 Å². The molecule has 0 radical (unpaired) electrons. The van der Waals surface area contributed by atoms with Gasteiger partial charge in [0.25, 0.3) is 0 Å². The summed E-state index contributed by atoms with van der Waals surface area (Å²) in [4.78, 5) is 0. The first-order chi connectivity index (χ1) is 6.84. The highest BCUT2D eigenvalue weighted by atomic mass is 19.4. The fourth-order valence-corrected chi connectivity index (χ4v) is 1.44. The molecule has 1 nitrogen and oxygen atoms in total. The van der Waals surface area contributed by atoms with Gasteiger partial charge in [0, 0.05) is 6.04 Å². The Morgan fingerprint density at radius 2 is 1.67 bits per heavy atom. The number of hydrogen-bond donors (Lipinski definition) is 1. The number of benzene rings is 1. The Labute approximate surface area is 87.1 Å². The van der Waals surface area contributed by atoms with E-state index in [-0.39, 0.29) is 17.5 Å². The number of alkyl halides is 3. The molecule has 0 saturated carbocycles. The van der Waals surface area contributed by atoms with Crippen molar-refractivity contribution >= 4 is 0 Å². The van der Waals surface area contributed by atoms with Crippen LogP contribution >= 0.6 is 0 Å². The van der Waals surface area contributed by atoms with Crippen molar-refractivity contribution in [3.63, 3.8) is 0 Å². The van der Waals surface area contributed by atoms with Gasteiger partial charge in [-0.25, -0.2) is 0 Å². The SMILES string of the molecule is C[C@H](c1ccccc1C(F)(F)F)[C@@H](C)N. The van der Waals surface area contributed by atoms with Crippen LogP contribution in [0.3, 0.4) is 0 Å². The molecule has 0 unspecified atom stereocenters. The Kier molecular flexibility index (Phi) is 3.39. The van der Waals surface area contributed by atoms with Gasteiger partial charge in [0.15, 0.2) is 0 Å². The van der Waals surface area contributed by atoms with E-state index in [0.29, 0.717) is 0 Å². The maximum Gasteiger partial charge on any atom is 0.416 e. The highest BCUT2D eigenvalue weighted by Gasteiger charge is 2.34. The zero-order valence-electron chi connectivity index (χ0n) is 8.68. The smallest absolute Gasteiger partial charge is 0.327 e. The predicted octanol–water partition coefficient (Wildman–Crippen LogP) is 3.16. The summed E-state index contributed by atoms with van der Waals surface area (Å²) in [6.45, 7) is 3.41.